The molecule has 0 aliphatic rings. The van der Waals surface area contributed by atoms with Gasteiger partial charge in [0.2, 0.25) is 5.91 Å². The number of rotatable bonds is 8. The van der Waals surface area contributed by atoms with Crippen LogP contribution in [-0.4, -0.2) is 27.0 Å². The van der Waals surface area contributed by atoms with Crippen LogP contribution in [0.25, 0.3) is 10.9 Å². The first-order valence-electron chi connectivity index (χ1n) is 10.5. The van der Waals surface area contributed by atoms with Gasteiger partial charge < -0.3 is 19.8 Å². The highest BCUT2D eigenvalue weighted by atomic mass is 35.5. The zero-order valence-corrected chi connectivity index (χ0v) is 20.0. The molecule has 0 aliphatic carbocycles. The van der Waals surface area contributed by atoms with Crippen LogP contribution in [0.1, 0.15) is 19.6 Å². The molecule has 4 rings (SSSR count). The number of oxazole rings is 1. The van der Waals surface area contributed by atoms with E-state index in [0.717, 1.165) is 0 Å². The number of anilines is 3. The molecule has 2 aromatic heterocycles. The topological polar surface area (TPSA) is 94.2 Å². The van der Waals surface area contributed by atoms with Gasteiger partial charge in [0.1, 0.15) is 36.0 Å². The lowest BCUT2D eigenvalue weighted by molar-refractivity contribution is -0.116. The summed E-state index contributed by atoms with van der Waals surface area (Å²) in [4.78, 5) is 21.6. The summed E-state index contributed by atoms with van der Waals surface area (Å²) >= 11 is 11.1. The van der Waals surface area contributed by atoms with Crippen molar-refractivity contribution in [2.24, 2.45) is 0 Å². The Morgan fingerprint density at radius 3 is 2.79 bits per heavy atom. The molecule has 0 aliphatic heterocycles. The second-order valence-corrected chi connectivity index (χ2v) is 8.02. The molecule has 0 saturated heterocycles. The van der Waals surface area contributed by atoms with Crippen LogP contribution in [0.15, 0.2) is 47.3 Å². The maximum absolute atomic E-state index is 13.5. The van der Waals surface area contributed by atoms with Crippen LogP contribution in [-0.2, 0) is 17.8 Å². The van der Waals surface area contributed by atoms with E-state index in [-0.39, 0.29) is 22.3 Å². The van der Waals surface area contributed by atoms with Crippen molar-refractivity contribution in [3.8, 4) is 5.75 Å². The Morgan fingerprint density at radius 2 is 2.09 bits per heavy atom. The molecule has 2 N–H and O–H groups in total. The molecule has 2 heterocycles. The van der Waals surface area contributed by atoms with E-state index in [2.05, 4.69) is 20.6 Å². The highest BCUT2D eigenvalue weighted by Gasteiger charge is 2.15. The average Bonchev–Trinajstić information content (AvgIpc) is 3.16. The number of carbonyl (C=O) groups excluding carboxylic acids is 1. The predicted octanol–water partition coefficient (Wildman–Crippen LogP) is 5.89. The van der Waals surface area contributed by atoms with Crippen LogP contribution in [0.5, 0.6) is 5.75 Å². The van der Waals surface area contributed by atoms with Crippen LogP contribution < -0.4 is 15.4 Å². The fourth-order valence-corrected chi connectivity index (χ4v) is 3.71. The smallest absolute Gasteiger partial charge is 0.269 e. The minimum absolute atomic E-state index is 0.0148. The number of aryl methyl sites for hydroxylation is 1. The Balaban J connectivity index is 1.67. The molecule has 0 unspecified atom stereocenters. The first-order valence-corrected chi connectivity index (χ1v) is 11.3. The minimum atomic E-state index is -0.519. The van der Waals surface area contributed by atoms with Crippen molar-refractivity contribution in [1.82, 2.24) is 14.5 Å². The third-order valence-electron chi connectivity index (χ3n) is 4.91. The number of hydrogen-bond donors (Lipinski definition) is 2. The van der Waals surface area contributed by atoms with E-state index in [1.807, 2.05) is 13.8 Å². The first-order chi connectivity index (χ1) is 16.4. The van der Waals surface area contributed by atoms with Gasteiger partial charge in [0.15, 0.2) is 0 Å². The molecule has 0 fully saturated rings. The molecular weight excluding hydrogens is 481 g/mol. The van der Waals surface area contributed by atoms with Crippen molar-refractivity contribution in [3.63, 3.8) is 0 Å². The second kappa shape index (κ2) is 10.2. The molecule has 34 heavy (non-hydrogen) atoms. The number of fused-ring (bicyclic) bond motifs is 1. The zero-order chi connectivity index (χ0) is 24.2. The number of benzene rings is 2. The predicted molar refractivity (Wildman–Crippen MR) is 131 cm³/mol. The van der Waals surface area contributed by atoms with Crippen molar-refractivity contribution in [2.75, 3.05) is 17.2 Å². The maximum atomic E-state index is 13.5. The summed E-state index contributed by atoms with van der Waals surface area (Å²) in [6.07, 6.45) is 3.79. The summed E-state index contributed by atoms with van der Waals surface area (Å²) in [5.74, 6) is 0.789. The summed E-state index contributed by atoms with van der Waals surface area (Å²) in [5.41, 5.74) is 1.59. The summed E-state index contributed by atoms with van der Waals surface area (Å²) in [6.45, 7) is 4.16. The van der Waals surface area contributed by atoms with Crippen molar-refractivity contribution < 1.29 is 18.3 Å². The van der Waals surface area contributed by atoms with Gasteiger partial charge in [0.25, 0.3) is 4.84 Å². The highest BCUT2D eigenvalue weighted by Crippen LogP contribution is 2.34. The summed E-state index contributed by atoms with van der Waals surface area (Å²) in [5, 5.41) is 6.59. The molecule has 4 aromatic rings. The van der Waals surface area contributed by atoms with E-state index in [1.165, 1.54) is 18.5 Å². The minimum Gasteiger partial charge on any atom is -0.492 e. The molecule has 0 atom stereocenters. The lowest BCUT2D eigenvalue weighted by Gasteiger charge is -2.15. The van der Waals surface area contributed by atoms with Crippen molar-refractivity contribution in [3.05, 3.63) is 64.3 Å². The monoisotopic (exact) mass is 501 g/mol. The largest absolute Gasteiger partial charge is 0.492 e. The fourth-order valence-electron chi connectivity index (χ4n) is 3.31. The average molecular weight is 502 g/mol. The number of halogens is 2. The second-order valence-electron chi connectivity index (χ2n) is 7.27. The van der Waals surface area contributed by atoms with Crippen LogP contribution in [0.4, 0.5) is 21.6 Å². The van der Waals surface area contributed by atoms with Gasteiger partial charge in [0.05, 0.1) is 22.8 Å². The molecule has 11 heteroatoms. The quantitative estimate of drug-likeness (QED) is 0.291. The normalized spacial score (nSPS) is 10.9. The fraction of sp³-hybridized carbons (Fsp3) is 0.217. The number of nitrogens with one attached hydrogen (secondary N) is 2. The summed E-state index contributed by atoms with van der Waals surface area (Å²) < 4.78 is 26.3. The van der Waals surface area contributed by atoms with Gasteiger partial charge in [-0.15, -0.1) is 0 Å². The first kappa shape index (κ1) is 23.7. The van der Waals surface area contributed by atoms with Gasteiger partial charge in [-0.1, -0.05) is 18.5 Å². The third kappa shape index (κ3) is 5.18. The van der Waals surface area contributed by atoms with E-state index in [9.17, 15) is 9.18 Å². The standard InChI is InChI=1S/C23H21ClFN5O3S/c1-3-14-10-30(23(34)33-14)11-21(31)29-19-8-15-18(9-20(19)32-4-2)26-12-27-22(15)28-13-5-6-17(25)16(24)7-13/h5-10,12H,3-4,11H2,1-2H3,(H,29,31)(H,26,27,28). The van der Waals surface area contributed by atoms with E-state index >= 15 is 0 Å². The van der Waals surface area contributed by atoms with E-state index in [1.54, 1.807) is 29.0 Å². The van der Waals surface area contributed by atoms with E-state index in [4.69, 9.17) is 33.0 Å². The van der Waals surface area contributed by atoms with Crippen LogP contribution >= 0.6 is 23.8 Å². The number of nitrogens with zero attached hydrogens (tertiary/aromatic N) is 3. The van der Waals surface area contributed by atoms with Gasteiger partial charge in [-0.3, -0.25) is 9.36 Å². The molecule has 0 saturated carbocycles. The third-order valence-corrected chi connectivity index (χ3v) is 5.52. The Kier molecular flexibility index (Phi) is 7.09. The van der Waals surface area contributed by atoms with Gasteiger partial charge in [0, 0.05) is 29.8 Å². The number of amides is 1. The summed E-state index contributed by atoms with van der Waals surface area (Å²) in [7, 11) is 0. The molecule has 0 spiro atoms. The molecular formula is C23H21ClFN5O3S. The Morgan fingerprint density at radius 1 is 1.26 bits per heavy atom. The van der Waals surface area contributed by atoms with Gasteiger partial charge >= 0.3 is 0 Å². The van der Waals surface area contributed by atoms with Crippen molar-refractivity contribution in [2.45, 2.75) is 26.8 Å². The molecule has 1 amide bonds. The molecule has 8 nitrogen and oxygen atoms in total. The van der Waals surface area contributed by atoms with E-state index < -0.39 is 5.82 Å². The van der Waals surface area contributed by atoms with Crippen LogP contribution in [0, 0.1) is 10.7 Å². The lowest BCUT2D eigenvalue weighted by atomic mass is 10.1. The van der Waals surface area contributed by atoms with Crippen molar-refractivity contribution in [1.29, 1.82) is 0 Å². The molecule has 176 valence electrons. The number of carbonyl (C=O) groups is 1. The van der Waals surface area contributed by atoms with Gasteiger partial charge in [-0.05, 0) is 43.4 Å². The number of hydrogen-bond acceptors (Lipinski definition) is 7. The zero-order valence-electron chi connectivity index (χ0n) is 18.4. The summed E-state index contributed by atoms with van der Waals surface area (Å²) in [6, 6.07) is 7.71. The SMILES string of the molecule is CCOc1cc2ncnc(Nc3ccc(F)c(Cl)c3)c2cc1NC(=O)Cn1cc(CC)oc1=S. The Bertz CT molecular complexity index is 1420. The van der Waals surface area contributed by atoms with Gasteiger partial charge in [-0.2, -0.15) is 0 Å². The Labute approximate surface area is 204 Å². The van der Waals surface area contributed by atoms with Crippen LogP contribution in [0.2, 0.25) is 5.02 Å². The molecule has 0 bridgehead atoms. The maximum Gasteiger partial charge on any atom is 0.269 e. The Hall–Kier alpha value is -3.50. The highest BCUT2D eigenvalue weighted by molar-refractivity contribution is 7.71. The van der Waals surface area contributed by atoms with E-state index in [0.29, 0.717) is 52.6 Å². The van der Waals surface area contributed by atoms with Gasteiger partial charge in [-0.25, -0.2) is 14.4 Å². The number of aromatic nitrogens is 3. The van der Waals surface area contributed by atoms with Crippen molar-refractivity contribution >= 4 is 57.8 Å². The van der Waals surface area contributed by atoms with Crippen LogP contribution in [0.3, 0.4) is 0 Å². The molecule has 2 aromatic carbocycles. The molecule has 0 radical (unpaired) electrons. The number of ether oxygens (including phenoxy) is 1. The lowest BCUT2D eigenvalue weighted by Crippen LogP contribution is -2.19.